The van der Waals surface area contributed by atoms with E-state index >= 15 is 0 Å². The van der Waals surface area contributed by atoms with Crippen LogP contribution < -0.4 is 0 Å². The third kappa shape index (κ3) is 1.90. The highest BCUT2D eigenvalue weighted by Gasteiger charge is 2.11. The minimum absolute atomic E-state index is 0.0674. The standard InChI is InChI=1S/C11H7N3O2S/c15-9-3-8(4-12-5-9)11-13-10(14-16-11)7-1-2-17-6-7/h1-6,15H. The van der Waals surface area contributed by atoms with Crippen molar-refractivity contribution >= 4 is 11.3 Å². The molecule has 0 amide bonds. The van der Waals surface area contributed by atoms with E-state index in [9.17, 15) is 5.11 Å². The monoisotopic (exact) mass is 245 g/mol. The molecule has 0 saturated heterocycles. The SMILES string of the molecule is Oc1cncc(-c2nc(-c3ccsc3)no2)c1. The average Bonchev–Trinajstić information content (AvgIpc) is 3.00. The molecule has 1 N–H and O–H groups in total. The minimum Gasteiger partial charge on any atom is -0.506 e. The fourth-order valence-electron chi connectivity index (χ4n) is 1.39. The highest BCUT2D eigenvalue weighted by Crippen LogP contribution is 2.24. The Balaban J connectivity index is 2.01. The summed E-state index contributed by atoms with van der Waals surface area (Å²) in [7, 11) is 0. The topological polar surface area (TPSA) is 72.0 Å². The molecule has 3 rings (SSSR count). The van der Waals surface area contributed by atoms with E-state index in [0.29, 0.717) is 17.3 Å². The van der Waals surface area contributed by atoms with E-state index in [1.54, 1.807) is 17.5 Å². The second-order valence-corrected chi connectivity index (χ2v) is 4.15. The largest absolute Gasteiger partial charge is 0.506 e. The Hall–Kier alpha value is -2.21. The van der Waals surface area contributed by atoms with Crippen molar-refractivity contribution in [3.8, 4) is 28.6 Å². The van der Waals surface area contributed by atoms with Gasteiger partial charge in [-0.1, -0.05) is 5.16 Å². The first-order valence-corrected chi connectivity index (χ1v) is 5.78. The van der Waals surface area contributed by atoms with E-state index < -0.39 is 0 Å². The van der Waals surface area contributed by atoms with E-state index in [-0.39, 0.29) is 5.75 Å². The van der Waals surface area contributed by atoms with Crippen molar-refractivity contribution in [2.24, 2.45) is 0 Å². The van der Waals surface area contributed by atoms with Crippen molar-refractivity contribution < 1.29 is 9.63 Å². The van der Waals surface area contributed by atoms with Gasteiger partial charge in [0, 0.05) is 17.1 Å². The van der Waals surface area contributed by atoms with Crippen molar-refractivity contribution in [3.05, 3.63) is 35.3 Å². The number of nitrogens with zero attached hydrogens (tertiary/aromatic N) is 3. The number of thiophene rings is 1. The van der Waals surface area contributed by atoms with Crippen LogP contribution >= 0.6 is 11.3 Å². The molecule has 0 radical (unpaired) electrons. The van der Waals surface area contributed by atoms with E-state index in [2.05, 4.69) is 15.1 Å². The lowest BCUT2D eigenvalue weighted by Gasteiger charge is -1.93. The van der Waals surface area contributed by atoms with Crippen LogP contribution in [-0.4, -0.2) is 20.2 Å². The van der Waals surface area contributed by atoms with E-state index in [1.807, 2.05) is 16.8 Å². The summed E-state index contributed by atoms with van der Waals surface area (Å²) in [6, 6.07) is 3.44. The van der Waals surface area contributed by atoms with Gasteiger partial charge in [-0.3, -0.25) is 4.98 Å². The third-order valence-corrected chi connectivity index (χ3v) is 2.86. The molecule has 3 aromatic heterocycles. The summed E-state index contributed by atoms with van der Waals surface area (Å²) in [4.78, 5) is 8.10. The molecule has 3 aromatic rings. The van der Waals surface area contributed by atoms with Gasteiger partial charge >= 0.3 is 0 Å². The number of pyridine rings is 1. The van der Waals surface area contributed by atoms with Crippen LogP contribution in [-0.2, 0) is 0 Å². The molecular weight excluding hydrogens is 238 g/mol. The molecule has 0 aliphatic heterocycles. The van der Waals surface area contributed by atoms with Gasteiger partial charge in [0.05, 0.1) is 11.8 Å². The molecule has 17 heavy (non-hydrogen) atoms. The zero-order valence-corrected chi connectivity index (χ0v) is 9.39. The Morgan fingerprint density at radius 3 is 2.94 bits per heavy atom. The molecule has 0 saturated carbocycles. The molecule has 0 spiro atoms. The Morgan fingerprint density at radius 1 is 1.24 bits per heavy atom. The second kappa shape index (κ2) is 3.99. The summed E-state index contributed by atoms with van der Waals surface area (Å²) in [6.45, 7) is 0. The average molecular weight is 245 g/mol. The van der Waals surface area contributed by atoms with Crippen LogP contribution in [0.3, 0.4) is 0 Å². The first kappa shape index (κ1) is 9.98. The Kier molecular flexibility index (Phi) is 2.34. The van der Waals surface area contributed by atoms with Gasteiger partial charge in [0.15, 0.2) is 0 Å². The van der Waals surface area contributed by atoms with Crippen molar-refractivity contribution in [3.63, 3.8) is 0 Å². The molecule has 84 valence electrons. The van der Waals surface area contributed by atoms with Crippen LogP contribution in [0, 0.1) is 0 Å². The summed E-state index contributed by atoms with van der Waals surface area (Å²) < 4.78 is 5.12. The molecule has 0 atom stereocenters. The molecule has 0 bridgehead atoms. The zero-order valence-electron chi connectivity index (χ0n) is 8.57. The number of hydrogen-bond acceptors (Lipinski definition) is 6. The lowest BCUT2D eigenvalue weighted by atomic mass is 10.3. The van der Waals surface area contributed by atoms with Crippen LogP contribution in [0.4, 0.5) is 0 Å². The number of aromatic hydroxyl groups is 1. The fourth-order valence-corrected chi connectivity index (χ4v) is 2.03. The van der Waals surface area contributed by atoms with E-state index in [4.69, 9.17) is 4.52 Å². The fraction of sp³-hybridized carbons (Fsp3) is 0. The Bertz CT molecular complexity index is 634. The molecule has 0 fully saturated rings. The molecule has 0 aliphatic rings. The second-order valence-electron chi connectivity index (χ2n) is 3.37. The highest BCUT2D eigenvalue weighted by molar-refractivity contribution is 7.08. The van der Waals surface area contributed by atoms with Crippen LogP contribution in [0.2, 0.25) is 0 Å². The Morgan fingerprint density at radius 2 is 2.18 bits per heavy atom. The smallest absolute Gasteiger partial charge is 0.259 e. The summed E-state index contributed by atoms with van der Waals surface area (Å²) in [5.41, 5.74) is 1.51. The van der Waals surface area contributed by atoms with Crippen LogP contribution in [0.1, 0.15) is 0 Å². The lowest BCUT2D eigenvalue weighted by molar-refractivity contribution is 0.431. The minimum atomic E-state index is 0.0674. The molecule has 3 heterocycles. The van der Waals surface area contributed by atoms with Crippen molar-refractivity contribution in [1.82, 2.24) is 15.1 Å². The third-order valence-electron chi connectivity index (χ3n) is 2.18. The quantitative estimate of drug-likeness (QED) is 0.751. The molecule has 5 nitrogen and oxygen atoms in total. The summed E-state index contributed by atoms with van der Waals surface area (Å²) in [5.74, 6) is 0.942. The number of rotatable bonds is 2. The summed E-state index contributed by atoms with van der Waals surface area (Å²) in [5, 5.41) is 17.1. The van der Waals surface area contributed by atoms with Gasteiger partial charge in [-0.25, -0.2) is 0 Å². The van der Waals surface area contributed by atoms with Gasteiger partial charge in [-0.15, -0.1) is 0 Å². The molecule has 0 unspecified atom stereocenters. The van der Waals surface area contributed by atoms with Gasteiger partial charge in [-0.05, 0) is 17.5 Å². The number of hydrogen-bond donors (Lipinski definition) is 1. The van der Waals surface area contributed by atoms with Crippen molar-refractivity contribution in [1.29, 1.82) is 0 Å². The van der Waals surface area contributed by atoms with Crippen LogP contribution in [0.15, 0.2) is 39.8 Å². The zero-order chi connectivity index (χ0) is 11.7. The first-order valence-electron chi connectivity index (χ1n) is 4.83. The van der Waals surface area contributed by atoms with E-state index in [1.165, 1.54) is 12.3 Å². The molecule has 6 heteroatoms. The maximum Gasteiger partial charge on any atom is 0.259 e. The molecule has 0 aliphatic carbocycles. The predicted molar refractivity (Wildman–Crippen MR) is 62.5 cm³/mol. The van der Waals surface area contributed by atoms with Crippen LogP contribution in [0.5, 0.6) is 5.75 Å². The maximum atomic E-state index is 9.31. The predicted octanol–water partition coefficient (Wildman–Crippen LogP) is 2.57. The van der Waals surface area contributed by atoms with Gasteiger partial charge in [0.2, 0.25) is 5.82 Å². The first-order chi connectivity index (χ1) is 8.33. The summed E-state index contributed by atoms with van der Waals surface area (Å²) >= 11 is 1.57. The maximum absolute atomic E-state index is 9.31. The molecular formula is C11H7N3O2S. The van der Waals surface area contributed by atoms with Crippen molar-refractivity contribution in [2.45, 2.75) is 0 Å². The molecule has 0 aromatic carbocycles. The normalized spacial score (nSPS) is 10.6. The van der Waals surface area contributed by atoms with Gasteiger partial charge in [0.25, 0.3) is 5.89 Å². The van der Waals surface area contributed by atoms with Crippen molar-refractivity contribution in [2.75, 3.05) is 0 Å². The lowest BCUT2D eigenvalue weighted by Crippen LogP contribution is -1.80. The van der Waals surface area contributed by atoms with Gasteiger partial charge in [-0.2, -0.15) is 16.3 Å². The Labute approximate surface area is 100 Å². The van der Waals surface area contributed by atoms with Gasteiger partial charge in [0.1, 0.15) is 5.75 Å². The highest BCUT2D eigenvalue weighted by atomic mass is 32.1. The number of aromatic nitrogens is 3. The van der Waals surface area contributed by atoms with E-state index in [0.717, 1.165) is 5.56 Å². The summed E-state index contributed by atoms with van der Waals surface area (Å²) in [6.07, 6.45) is 2.91. The van der Waals surface area contributed by atoms with Gasteiger partial charge < -0.3 is 9.63 Å². The van der Waals surface area contributed by atoms with Crippen LogP contribution in [0.25, 0.3) is 22.8 Å².